The number of carbonyl (C=O) groups excluding carboxylic acids is 2. The molecule has 0 saturated heterocycles. The van der Waals surface area contributed by atoms with Gasteiger partial charge in [-0.1, -0.05) is 33.2 Å². The Kier molecular flexibility index (Phi) is 11.1. The Morgan fingerprint density at radius 3 is 1.69 bits per heavy atom. The van der Waals surface area contributed by atoms with Gasteiger partial charge in [0.25, 0.3) is 11.8 Å². The van der Waals surface area contributed by atoms with E-state index >= 15 is 0 Å². The van der Waals surface area contributed by atoms with E-state index in [-0.39, 0.29) is 11.9 Å². The van der Waals surface area contributed by atoms with Crippen molar-refractivity contribution in [1.29, 1.82) is 0 Å². The van der Waals surface area contributed by atoms with Gasteiger partial charge in [0.05, 0.1) is 19.7 Å². The van der Waals surface area contributed by atoms with Crippen LogP contribution in [0, 0.1) is 27.0 Å². The van der Waals surface area contributed by atoms with Crippen molar-refractivity contribution in [3.8, 4) is 0 Å². The molecule has 0 spiro atoms. The summed E-state index contributed by atoms with van der Waals surface area (Å²) in [5.74, 6) is -1.15. The van der Waals surface area contributed by atoms with Crippen LogP contribution in [0.15, 0.2) is 41.5 Å². The number of azide groups is 1. The van der Waals surface area contributed by atoms with Gasteiger partial charge in [0.2, 0.25) is 0 Å². The molecule has 0 saturated carbocycles. The summed E-state index contributed by atoms with van der Waals surface area (Å²) in [7, 11) is 0. The third-order valence-electron chi connectivity index (χ3n) is 4.83. The van der Waals surface area contributed by atoms with Crippen molar-refractivity contribution in [3.63, 3.8) is 0 Å². The van der Waals surface area contributed by atoms with Crippen LogP contribution in [0.4, 0.5) is 22.7 Å². The third kappa shape index (κ3) is 8.69. The standard InChI is InChI=1S/C12H13BrN2O2.C12H13N5O2/c1-8-6-9(4-5-10(8)14-3)15-11(16)12(2,17)7-13;1-8-6-9(4-5-10(8)14-3)16-11(18)12(2,19)7-15-17-13/h4-6,17H,7H2,1-2H3,(H,15,16);4-6,19H,7H2,1-2H3,(H,16,18)/t2*12-/m00/s1. The lowest BCUT2D eigenvalue weighted by Crippen LogP contribution is -2.42. The van der Waals surface area contributed by atoms with Crippen molar-refractivity contribution in [1.82, 2.24) is 0 Å². The lowest BCUT2D eigenvalue weighted by atomic mass is 10.1. The Hall–Kier alpha value is -3.93. The number of hydrogen-bond acceptors (Lipinski definition) is 5. The Labute approximate surface area is 217 Å². The zero-order chi connectivity index (χ0) is 27.5. The quantitative estimate of drug-likeness (QED) is 0.122. The fourth-order valence-corrected chi connectivity index (χ4v) is 2.81. The molecule has 2 atom stereocenters. The number of nitrogens with zero attached hydrogens (tertiary/aromatic N) is 5. The van der Waals surface area contributed by atoms with Crippen LogP contribution in [0.1, 0.15) is 25.0 Å². The molecule has 36 heavy (non-hydrogen) atoms. The molecule has 0 aliphatic rings. The highest BCUT2D eigenvalue weighted by atomic mass is 79.9. The molecule has 0 radical (unpaired) electrons. The predicted molar refractivity (Wildman–Crippen MR) is 141 cm³/mol. The monoisotopic (exact) mass is 555 g/mol. The van der Waals surface area contributed by atoms with Gasteiger partial charge in [0.15, 0.2) is 11.4 Å². The van der Waals surface area contributed by atoms with Crippen LogP contribution >= 0.6 is 15.9 Å². The molecule has 0 fully saturated rings. The number of hydrogen-bond donors (Lipinski definition) is 4. The van der Waals surface area contributed by atoms with Crippen molar-refractivity contribution < 1.29 is 19.8 Å². The van der Waals surface area contributed by atoms with Crippen LogP contribution in [-0.2, 0) is 9.59 Å². The van der Waals surface area contributed by atoms with Crippen LogP contribution < -0.4 is 10.6 Å². The van der Waals surface area contributed by atoms with Crippen LogP contribution in [0.5, 0.6) is 0 Å². The van der Waals surface area contributed by atoms with E-state index in [1.165, 1.54) is 13.8 Å². The van der Waals surface area contributed by atoms with Gasteiger partial charge >= 0.3 is 0 Å². The summed E-state index contributed by atoms with van der Waals surface area (Å²) >= 11 is 3.07. The molecule has 11 nitrogen and oxygen atoms in total. The highest BCUT2D eigenvalue weighted by molar-refractivity contribution is 9.09. The zero-order valence-corrected chi connectivity index (χ0v) is 21.8. The van der Waals surface area contributed by atoms with Gasteiger partial charge < -0.3 is 20.8 Å². The SMILES string of the molecule is [C-]#[N+]c1ccc(NC(=O)[C@@](C)(O)CBr)cc1C.[C-]#[N+]c1ccc(NC(=O)[C@@](C)(O)CN=[N+]=[N-])cc1C. The van der Waals surface area contributed by atoms with Gasteiger partial charge in [0.1, 0.15) is 11.2 Å². The fraction of sp³-hybridized carbons (Fsp3) is 0.333. The first-order valence-electron chi connectivity index (χ1n) is 10.4. The maximum Gasteiger partial charge on any atom is 0.256 e. The number of carbonyl (C=O) groups is 2. The third-order valence-corrected chi connectivity index (χ3v) is 5.92. The molecule has 4 N–H and O–H groups in total. The van der Waals surface area contributed by atoms with E-state index in [9.17, 15) is 19.8 Å². The number of nitrogens with one attached hydrogen (secondary N) is 2. The van der Waals surface area contributed by atoms with E-state index in [0.29, 0.717) is 22.7 Å². The number of halogens is 1. The molecule has 2 rings (SSSR count). The van der Waals surface area contributed by atoms with Gasteiger partial charge in [-0.25, -0.2) is 9.69 Å². The lowest BCUT2D eigenvalue weighted by Gasteiger charge is -2.20. The average molecular weight is 556 g/mol. The highest BCUT2D eigenvalue weighted by Gasteiger charge is 2.30. The minimum absolute atomic E-state index is 0.158. The van der Waals surface area contributed by atoms with E-state index < -0.39 is 23.0 Å². The summed E-state index contributed by atoms with van der Waals surface area (Å²) < 4.78 is 0. The van der Waals surface area contributed by atoms with Crippen molar-refractivity contribution in [3.05, 3.63) is 80.8 Å². The fourth-order valence-electron chi connectivity index (χ4n) is 2.55. The number of aliphatic hydroxyl groups is 2. The van der Waals surface area contributed by atoms with Gasteiger partial charge in [0, 0.05) is 21.6 Å². The minimum Gasteiger partial charge on any atom is -0.380 e. The number of amides is 2. The smallest absolute Gasteiger partial charge is 0.256 e. The maximum absolute atomic E-state index is 11.8. The largest absolute Gasteiger partial charge is 0.380 e. The van der Waals surface area contributed by atoms with Crippen LogP contribution in [0.2, 0.25) is 0 Å². The normalized spacial score (nSPS) is 13.1. The second kappa shape index (κ2) is 13.2. The van der Waals surface area contributed by atoms with E-state index in [4.69, 9.17) is 18.7 Å². The van der Waals surface area contributed by atoms with Crippen molar-refractivity contribution in [2.24, 2.45) is 5.11 Å². The summed E-state index contributed by atoms with van der Waals surface area (Å²) in [6, 6.07) is 9.77. The van der Waals surface area contributed by atoms with E-state index in [0.717, 1.165) is 11.1 Å². The van der Waals surface area contributed by atoms with Crippen molar-refractivity contribution in [2.45, 2.75) is 38.9 Å². The number of alkyl halides is 1. The van der Waals surface area contributed by atoms with Crippen LogP contribution in [0.25, 0.3) is 20.1 Å². The second-order valence-corrected chi connectivity index (χ2v) is 8.77. The number of aryl methyl sites for hydroxylation is 2. The topological polar surface area (TPSA) is 156 Å². The van der Waals surface area contributed by atoms with Gasteiger partial charge in [-0.15, -0.1) is 0 Å². The van der Waals surface area contributed by atoms with Gasteiger partial charge in [-0.3, -0.25) is 9.59 Å². The molecule has 0 unspecified atom stereocenters. The number of benzene rings is 2. The minimum atomic E-state index is -1.78. The number of rotatable bonds is 7. The molecule has 0 aliphatic carbocycles. The van der Waals surface area contributed by atoms with Crippen molar-refractivity contribution >= 4 is 50.5 Å². The molecule has 12 heteroatoms. The van der Waals surface area contributed by atoms with Crippen LogP contribution in [0.3, 0.4) is 0 Å². The van der Waals surface area contributed by atoms with E-state index in [2.05, 4.69) is 46.3 Å². The lowest BCUT2D eigenvalue weighted by molar-refractivity contribution is -0.131. The molecule has 188 valence electrons. The molecule has 2 aromatic carbocycles. The summed E-state index contributed by atoms with van der Waals surface area (Å²) in [6.45, 7) is 19.7. The molecule has 0 aliphatic heterocycles. The first kappa shape index (κ1) is 30.1. The molecular formula is C24H26BrN7O4. The summed E-state index contributed by atoms with van der Waals surface area (Å²) in [6.07, 6.45) is 0. The molecule has 0 bridgehead atoms. The summed E-state index contributed by atoms with van der Waals surface area (Å²) in [5, 5.41) is 28.0. The zero-order valence-electron chi connectivity index (χ0n) is 20.2. The highest BCUT2D eigenvalue weighted by Crippen LogP contribution is 2.24. The van der Waals surface area contributed by atoms with Crippen LogP contribution in [-0.4, -0.2) is 45.1 Å². The molecule has 0 aromatic heterocycles. The first-order chi connectivity index (χ1) is 16.8. The first-order valence-corrected chi connectivity index (χ1v) is 11.5. The molecule has 2 amide bonds. The van der Waals surface area contributed by atoms with Gasteiger partial charge in [-0.2, -0.15) is 0 Å². The van der Waals surface area contributed by atoms with Crippen molar-refractivity contribution in [2.75, 3.05) is 22.5 Å². The van der Waals surface area contributed by atoms with E-state index in [1.807, 2.05) is 0 Å². The van der Waals surface area contributed by atoms with E-state index in [1.54, 1.807) is 50.2 Å². The predicted octanol–water partition coefficient (Wildman–Crippen LogP) is 5.18. The Balaban J connectivity index is 0.000000362. The Bertz CT molecular complexity index is 1260. The molecule has 0 heterocycles. The summed E-state index contributed by atoms with van der Waals surface area (Å²) in [5.41, 5.74) is 8.55. The van der Waals surface area contributed by atoms with Gasteiger partial charge in [-0.05, 0) is 68.6 Å². The molecule has 2 aromatic rings. The molecular weight excluding hydrogens is 530 g/mol. The Morgan fingerprint density at radius 1 is 0.944 bits per heavy atom. The number of anilines is 2. The summed E-state index contributed by atoms with van der Waals surface area (Å²) in [4.78, 5) is 32.6. The maximum atomic E-state index is 11.8. The Morgan fingerprint density at radius 2 is 1.36 bits per heavy atom. The average Bonchev–Trinajstić information content (AvgIpc) is 2.83. The second-order valence-electron chi connectivity index (χ2n) is 8.20.